The Hall–Kier alpha value is -1.53. The second-order valence-electron chi connectivity index (χ2n) is 4.72. The predicted molar refractivity (Wildman–Crippen MR) is 80.4 cm³/mol. The number of nitrogens with one attached hydrogen (secondary N) is 1. The largest absolute Gasteiger partial charge is 0.379 e. The summed E-state index contributed by atoms with van der Waals surface area (Å²) in [5, 5.41) is 3.40. The van der Waals surface area contributed by atoms with Crippen LogP contribution in [0.2, 0.25) is 0 Å². The van der Waals surface area contributed by atoms with Crippen LogP contribution in [-0.4, -0.2) is 34.2 Å². The highest BCUT2D eigenvalue weighted by Crippen LogP contribution is 2.20. The van der Waals surface area contributed by atoms with E-state index in [0.717, 1.165) is 41.9 Å². The van der Waals surface area contributed by atoms with Crippen molar-refractivity contribution in [2.45, 2.75) is 18.9 Å². The van der Waals surface area contributed by atoms with Gasteiger partial charge in [-0.1, -0.05) is 0 Å². The van der Waals surface area contributed by atoms with Crippen molar-refractivity contribution < 1.29 is 4.74 Å². The van der Waals surface area contributed by atoms with E-state index in [1.165, 1.54) is 0 Å². The van der Waals surface area contributed by atoms with E-state index in [1.807, 2.05) is 12.1 Å². The zero-order valence-electron chi connectivity index (χ0n) is 10.9. The summed E-state index contributed by atoms with van der Waals surface area (Å²) in [6, 6.07) is 4.16. The lowest BCUT2D eigenvalue weighted by atomic mass is 10.1. The van der Waals surface area contributed by atoms with Crippen LogP contribution in [0.5, 0.6) is 0 Å². The molecule has 3 rings (SSSR count). The lowest BCUT2D eigenvalue weighted by molar-refractivity contribution is 0.0875. The Bertz CT molecular complexity index is 587. The van der Waals surface area contributed by atoms with Gasteiger partial charge in [-0.15, -0.1) is 0 Å². The molecule has 0 aliphatic carbocycles. The van der Waals surface area contributed by atoms with Crippen molar-refractivity contribution in [2.75, 3.05) is 18.5 Å². The number of nitrogens with zero attached hydrogens (tertiary/aromatic N) is 3. The van der Waals surface area contributed by atoms with Crippen molar-refractivity contribution in [1.82, 2.24) is 15.0 Å². The highest BCUT2D eigenvalue weighted by Gasteiger charge is 2.14. The number of aromatic nitrogens is 3. The van der Waals surface area contributed by atoms with Gasteiger partial charge >= 0.3 is 0 Å². The van der Waals surface area contributed by atoms with Gasteiger partial charge in [0.25, 0.3) is 0 Å². The van der Waals surface area contributed by atoms with Crippen molar-refractivity contribution >= 4 is 21.7 Å². The predicted octanol–water partition coefficient (Wildman–Crippen LogP) is 2.89. The lowest BCUT2D eigenvalue weighted by Gasteiger charge is -2.23. The summed E-state index contributed by atoms with van der Waals surface area (Å²) in [7, 11) is 0. The topological polar surface area (TPSA) is 59.9 Å². The summed E-state index contributed by atoms with van der Waals surface area (Å²) in [6.45, 7) is 1.59. The van der Waals surface area contributed by atoms with Crippen molar-refractivity contribution in [3.05, 3.63) is 35.2 Å². The molecule has 1 N–H and O–H groups in total. The van der Waals surface area contributed by atoms with Crippen molar-refractivity contribution in [1.29, 1.82) is 0 Å². The molecular formula is C14H15BrN4O. The third kappa shape index (κ3) is 3.32. The molecule has 0 unspecified atom stereocenters. The quantitative estimate of drug-likeness (QED) is 0.935. The molecular weight excluding hydrogens is 320 g/mol. The molecule has 1 atom stereocenters. The van der Waals surface area contributed by atoms with Crippen LogP contribution >= 0.6 is 15.9 Å². The molecule has 0 spiro atoms. The second kappa shape index (κ2) is 6.28. The van der Waals surface area contributed by atoms with Crippen molar-refractivity contribution in [3.8, 4) is 11.4 Å². The van der Waals surface area contributed by atoms with Crippen LogP contribution in [0.15, 0.2) is 35.2 Å². The maximum atomic E-state index is 5.46. The molecule has 1 fully saturated rings. The number of pyridine rings is 1. The van der Waals surface area contributed by atoms with Crippen LogP contribution in [-0.2, 0) is 4.74 Å². The Morgan fingerprint density at radius 1 is 1.35 bits per heavy atom. The minimum Gasteiger partial charge on any atom is -0.379 e. The van der Waals surface area contributed by atoms with E-state index in [9.17, 15) is 0 Å². The summed E-state index contributed by atoms with van der Waals surface area (Å²) < 4.78 is 6.38. The third-order valence-electron chi connectivity index (χ3n) is 3.13. The number of rotatable bonds is 3. The van der Waals surface area contributed by atoms with E-state index >= 15 is 0 Å². The normalized spacial score (nSPS) is 18.8. The monoisotopic (exact) mass is 334 g/mol. The molecule has 1 aliphatic rings. The molecule has 0 aromatic carbocycles. The van der Waals surface area contributed by atoms with Crippen LogP contribution in [0.3, 0.4) is 0 Å². The fourth-order valence-corrected chi connectivity index (χ4v) is 2.54. The van der Waals surface area contributed by atoms with Crippen LogP contribution in [0.4, 0.5) is 5.82 Å². The van der Waals surface area contributed by atoms with Gasteiger partial charge in [0.1, 0.15) is 5.82 Å². The highest BCUT2D eigenvalue weighted by molar-refractivity contribution is 9.10. The number of hydrogen-bond donors (Lipinski definition) is 1. The van der Waals surface area contributed by atoms with Gasteiger partial charge in [0.2, 0.25) is 0 Å². The molecule has 104 valence electrons. The van der Waals surface area contributed by atoms with Gasteiger partial charge in [0.05, 0.1) is 12.6 Å². The van der Waals surface area contributed by atoms with Crippen LogP contribution in [0, 0.1) is 0 Å². The van der Waals surface area contributed by atoms with E-state index in [2.05, 4.69) is 36.2 Å². The minimum absolute atomic E-state index is 0.326. The van der Waals surface area contributed by atoms with Gasteiger partial charge in [-0.25, -0.2) is 9.97 Å². The van der Waals surface area contributed by atoms with E-state index < -0.39 is 0 Å². The minimum atomic E-state index is 0.326. The fraction of sp³-hybridized carbons (Fsp3) is 0.357. The molecule has 5 nitrogen and oxygen atoms in total. The molecule has 0 bridgehead atoms. The Balaban J connectivity index is 1.78. The summed E-state index contributed by atoms with van der Waals surface area (Å²) in [5.41, 5.74) is 0.892. The molecule has 1 saturated heterocycles. The van der Waals surface area contributed by atoms with Gasteiger partial charge in [0, 0.05) is 35.2 Å². The van der Waals surface area contributed by atoms with Crippen LogP contribution in [0.25, 0.3) is 11.4 Å². The van der Waals surface area contributed by atoms with Crippen LogP contribution in [0.1, 0.15) is 12.8 Å². The first-order valence-electron chi connectivity index (χ1n) is 6.59. The zero-order valence-corrected chi connectivity index (χ0v) is 12.5. The SMILES string of the molecule is Brc1cncc(-c2nccc(N[C@H]3CCCOC3)n2)c1. The van der Waals surface area contributed by atoms with Gasteiger partial charge in [-0.3, -0.25) is 4.98 Å². The number of hydrogen-bond acceptors (Lipinski definition) is 5. The molecule has 1 aliphatic heterocycles. The molecule has 0 amide bonds. The van der Waals surface area contributed by atoms with E-state index in [1.54, 1.807) is 18.6 Å². The maximum absolute atomic E-state index is 5.46. The Labute approximate surface area is 125 Å². The third-order valence-corrected chi connectivity index (χ3v) is 3.56. The van der Waals surface area contributed by atoms with Gasteiger partial charge in [-0.05, 0) is 40.9 Å². The molecule has 0 radical (unpaired) electrons. The first-order chi connectivity index (χ1) is 9.81. The molecule has 0 saturated carbocycles. The van der Waals surface area contributed by atoms with Gasteiger partial charge in [0.15, 0.2) is 5.82 Å². The van der Waals surface area contributed by atoms with E-state index in [4.69, 9.17) is 4.74 Å². The Kier molecular flexibility index (Phi) is 4.22. The lowest BCUT2D eigenvalue weighted by Crippen LogP contribution is -2.30. The molecule has 3 heterocycles. The molecule has 2 aromatic rings. The van der Waals surface area contributed by atoms with Crippen molar-refractivity contribution in [3.63, 3.8) is 0 Å². The first kappa shape index (κ1) is 13.5. The number of halogens is 1. The Morgan fingerprint density at radius 3 is 3.10 bits per heavy atom. The Morgan fingerprint density at radius 2 is 2.30 bits per heavy atom. The maximum Gasteiger partial charge on any atom is 0.163 e. The smallest absolute Gasteiger partial charge is 0.163 e. The van der Waals surface area contributed by atoms with E-state index in [0.29, 0.717) is 11.9 Å². The fourth-order valence-electron chi connectivity index (χ4n) is 2.18. The summed E-state index contributed by atoms with van der Waals surface area (Å²) in [5.74, 6) is 1.49. The van der Waals surface area contributed by atoms with Crippen LogP contribution < -0.4 is 5.32 Å². The molecule has 6 heteroatoms. The average molecular weight is 335 g/mol. The summed E-state index contributed by atoms with van der Waals surface area (Å²) in [6.07, 6.45) is 7.46. The second-order valence-corrected chi connectivity index (χ2v) is 5.63. The number of anilines is 1. The summed E-state index contributed by atoms with van der Waals surface area (Å²) >= 11 is 3.41. The van der Waals surface area contributed by atoms with E-state index in [-0.39, 0.29) is 0 Å². The highest BCUT2D eigenvalue weighted by atomic mass is 79.9. The first-order valence-corrected chi connectivity index (χ1v) is 7.39. The number of ether oxygens (including phenoxy) is 1. The standard InChI is InChI=1S/C14H15BrN4O/c15-11-6-10(7-16-8-11)14-17-4-3-13(19-14)18-12-2-1-5-20-9-12/h3-4,6-8,12H,1-2,5,9H2,(H,17,18,19)/t12-/m0/s1. The van der Waals surface area contributed by atoms with Gasteiger partial charge < -0.3 is 10.1 Å². The zero-order chi connectivity index (χ0) is 13.8. The summed E-state index contributed by atoms with van der Waals surface area (Å²) in [4.78, 5) is 13.0. The molecule has 20 heavy (non-hydrogen) atoms. The van der Waals surface area contributed by atoms with Crippen molar-refractivity contribution in [2.24, 2.45) is 0 Å². The average Bonchev–Trinajstić information content (AvgIpc) is 2.49. The molecule has 2 aromatic heterocycles. The van der Waals surface area contributed by atoms with Gasteiger partial charge in [-0.2, -0.15) is 0 Å².